The molecule has 0 rings (SSSR count). The SMILES string of the molecule is B.[Fe].[Nd].[Nd].[Pr]. The summed E-state index contributed by atoms with van der Waals surface area (Å²) in [5, 5.41) is 0. The van der Waals surface area contributed by atoms with Crippen molar-refractivity contribution >= 4 is 8.41 Å². The van der Waals surface area contributed by atoms with Gasteiger partial charge in [0.2, 0.25) is 0 Å². The first kappa shape index (κ1) is 33.4. The summed E-state index contributed by atoms with van der Waals surface area (Å²) in [7, 11) is 0. The van der Waals surface area contributed by atoms with Gasteiger partial charge in [-0.3, -0.25) is 0 Å². The van der Waals surface area contributed by atoms with Gasteiger partial charge in [-0.05, 0) is 0 Å². The van der Waals surface area contributed by atoms with Gasteiger partial charge < -0.3 is 0 Å². The second-order valence-electron chi connectivity index (χ2n) is 0. The maximum atomic E-state index is 0. The van der Waals surface area contributed by atoms with Crippen molar-refractivity contribution in [3.8, 4) is 0 Å². The van der Waals surface area contributed by atoms with Crippen LogP contribution in [-0.2, 0) is 17.1 Å². The van der Waals surface area contributed by atoms with Crippen LogP contribution in [0.3, 0.4) is 0 Å². The molecule has 0 aliphatic carbocycles. The van der Waals surface area contributed by atoms with Crippen LogP contribution < -0.4 is 0 Å². The average Bonchev–Trinajstić information content (AvgIpc) is 0. The molecule has 0 saturated carbocycles. The summed E-state index contributed by atoms with van der Waals surface area (Å²) < 4.78 is 0. The van der Waals surface area contributed by atoms with E-state index in [9.17, 15) is 0 Å². The van der Waals surface area contributed by atoms with E-state index in [4.69, 9.17) is 0 Å². The summed E-state index contributed by atoms with van der Waals surface area (Å²) >= 11 is 0. The Hall–Kier alpha value is 4.65. The fourth-order valence-corrected chi connectivity index (χ4v) is 0. The van der Waals surface area contributed by atoms with Crippen LogP contribution >= 0.6 is 0 Å². The van der Waals surface area contributed by atoms with Crippen LogP contribution in [0.4, 0.5) is 0 Å². The van der Waals surface area contributed by atoms with E-state index in [0.717, 1.165) is 0 Å². The van der Waals surface area contributed by atoms with Crippen molar-refractivity contribution in [2.24, 2.45) is 0 Å². The summed E-state index contributed by atoms with van der Waals surface area (Å²) in [6.45, 7) is 0. The van der Waals surface area contributed by atoms with Crippen LogP contribution in [0.2, 0.25) is 0 Å². The monoisotopic (exact) mass is 495 g/mol. The van der Waals surface area contributed by atoms with Gasteiger partial charge in [-0.25, -0.2) is 0 Å². The topological polar surface area (TPSA) is 0 Å². The number of rotatable bonds is 0. The fraction of sp³-hybridized carbons (Fsp3) is 0. The fourth-order valence-electron chi connectivity index (χ4n) is 0. The van der Waals surface area contributed by atoms with Crippen molar-refractivity contribution in [1.82, 2.24) is 0 Å². The molecule has 0 aliphatic heterocycles. The smallest absolute Gasteiger partial charge is 0 e. The Morgan fingerprint density at radius 1 is 0.800 bits per heavy atom. The van der Waals surface area contributed by atoms with E-state index in [1.807, 2.05) is 0 Å². The normalized spacial score (nSPS) is 0. The van der Waals surface area contributed by atoms with Crippen LogP contribution in [0.5, 0.6) is 0 Å². The minimum absolute atomic E-state index is 0. The zero-order valence-electron chi connectivity index (χ0n) is 1.93. The number of hydrogen-bond acceptors (Lipinski definition) is 0. The predicted molar refractivity (Wildman–Crippen MR) is 9.94 cm³/mol. The second kappa shape index (κ2) is 23.4. The van der Waals surface area contributed by atoms with E-state index in [0.29, 0.717) is 0 Å². The van der Waals surface area contributed by atoms with Crippen LogP contribution in [0.1, 0.15) is 0 Å². The molecule has 0 amide bonds. The van der Waals surface area contributed by atoms with Gasteiger partial charge in [0.15, 0.2) is 0 Å². The van der Waals surface area contributed by atoms with Crippen molar-refractivity contribution in [1.29, 1.82) is 0 Å². The van der Waals surface area contributed by atoms with Gasteiger partial charge in [0, 0.05) is 140 Å². The third-order valence-corrected chi connectivity index (χ3v) is 0. The van der Waals surface area contributed by atoms with E-state index in [1.165, 1.54) is 0 Å². The Morgan fingerprint density at radius 2 is 0.800 bits per heavy atom. The van der Waals surface area contributed by atoms with Gasteiger partial charge in [0.05, 0.1) is 8.41 Å². The van der Waals surface area contributed by atoms with Gasteiger partial charge in [-0.1, -0.05) is 0 Å². The van der Waals surface area contributed by atoms with Crippen LogP contribution in [0.15, 0.2) is 0 Å². The molecule has 0 saturated heterocycles. The summed E-state index contributed by atoms with van der Waals surface area (Å²) in [4.78, 5) is 0. The van der Waals surface area contributed by atoms with Crippen LogP contribution in [0.25, 0.3) is 0 Å². The minimum atomic E-state index is 0. The zero-order chi connectivity index (χ0) is 0. The molecule has 0 atom stereocenters. The molecule has 0 aromatic rings. The Balaban J connectivity index is 0. The van der Waals surface area contributed by atoms with E-state index in [2.05, 4.69) is 0 Å². The van der Waals surface area contributed by atoms with E-state index in [-0.39, 0.29) is 148 Å². The van der Waals surface area contributed by atoms with Crippen molar-refractivity contribution in [2.45, 2.75) is 0 Å². The number of hydrogen-bond donors (Lipinski definition) is 0. The molecular formula is H3BFeNd2Pr. The first-order valence-corrected chi connectivity index (χ1v) is 0. The Kier molecular flexibility index (Phi) is 156. The van der Waals surface area contributed by atoms with Crippen molar-refractivity contribution < 1.29 is 140 Å². The largest absolute Gasteiger partial charge is 0.0814 e. The van der Waals surface area contributed by atoms with Gasteiger partial charge in [0.1, 0.15) is 0 Å². The quantitative estimate of drug-likeness (QED) is 0.369. The van der Waals surface area contributed by atoms with Crippen LogP contribution in [0, 0.1) is 123 Å². The first-order chi connectivity index (χ1) is 0. The zero-order valence-corrected chi connectivity index (χ0v) is 13.2. The molecule has 1 radical (unpaired) electrons. The van der Waals surface area contributed by atoms with Gasteiger partial charge in [-0.15, -0.1) is 0 Å². The molecule has 25 valence electrons. The molecule has 0 bridgehead atoms. The van der Waals surface area contributed by atoms with Crippen molar-refractivity contribution in [3.63, 3.8) is 0 Å². The third kappa shape index (κ3) is 17.7. The minimum Gasteiger partial charge on any atom is 0 e. The maximum Gasteiger partial charge on any atom is 0.0814 e. The van der Waals surface area contributed by atoms with Gasteiger partial charge >= 0.3 is 0 Å². The van der Waals surface area contributed by atoms with Gasteiger partial charge in [0.25, 0.3) is 0 Å². The second-order valence-corrected chi connectivity index (χ2v) is 0. The Labute approximate surface area is 144 Å². The van der Waals surface area contributed by atoms with Crippen LogP contribution in [-0.4, -0.2) is 8.41 Å². The Morgan fingerprint density at radius 3 is 0.800 bits per heavy atom. The van der Waals surface area contributed by atoms with E-state index < -0.39 is 0 Å². The molecule has 0 spiro atoms. The summed E-state index contributed by atoms with van der Waals surface area (Å²) in [6.07, 6.45) is 0. The molecule has 0 aromatic heterocycles. The van der Waals surface area contributed by atoms with Gasteiger partial charge in [-0.2, -0.15) is 0 Å². The maximum absolute atomic E-state index is 0. The first-order valence-electron chi connectivity index (χ1n) is 0. The molecule has 0 unspecified atom stereocenters. The van der Waals surface area contributed by atoms with E-state index >= 15 is 0 Å². The molecule has 0 N–H and O–H groups in total. The summed E-state index contributed by atoms with van der Waals surface area (Å²) in [6, 6.07) is 0. The molecule has 0 heterocycles. The molecular weight excluding hydrogens is 496 g/mol. The summed E-state index contributed by atoms with van der Waals surface area (Å²) in [5.74, 6) is 0. The molecule has 0 nitrogen and oxygen atoms in total. The summed E-state index contributed by atoms with van der Waals surface area (Å²) in [5.41, 5.74) is 0. The van der Waals surface area contributed by atoms with Crippen molar-refractivity contribution in [3.05, 3.63) is 0 Å². The molecule has 0 fully saturated rings. The average molecular weight is 499 g/mol. The molecule has 0 aliphatic rings. The molecule has 0 aromatic carbocycles. The standard InChI is InChI=1S/BH3.Fe.2Nd.Pr/h1H3;;;;. The molecule has 5 heteroatoms. The Bertz CT molecular complexity index is 9.61. The van der Waals surface area contributed by atoms with Crippen molar-refractivity contribution in [2.75, 3.05) is 0 Å². The predicted octanol–water partition coefficient (Wildman–Crippen LogP) is -1.19. The molecule has 5 heavy (non-hydrogen) atoms. The van der Waals surface area contributed by atoms with E-state index in [1.54, 1.807) is 0 Å². The third-order valence-electron chi connectivity index (χ3n) is 0.